The normalized spacial score (nSPS) is 11.5. The Morgan fingerprint density at radius 3 is 2.12 bits per heavy atom. The standard InChI is InChI=1S/C20H22N2O3/c1-4-19(24)22-16-11-9-15(10-12-16)13(2)21-20(25)18-8-6-5-7-17(18)14(3)23/h5-13H,4H2,1-3H3,(H,21,25)(H,22,24)/t13-/m0/s1. The summed E-state index contributed by atoms with van der Waals surface area (Å²) in [7, 11) is 0. The molecule has 1 atom stereocenters. The van der Waals surface area contributed by atoms with E-state index in [1.54, 1.807) is 43.3 Å². The van der Waals surface area contributed by atoms with E-state index in [0.717, 1.165) is 11.3 Å². The number of carbonyl (C=O) groups excluding carboxylic acids is 3. The Morgan fingerprint density at radius 2 is 1.56 bits per heavy atom. The minimum atomic E-state index is -0.290. The van der Waals surface area contributed by atoms with Crippen LogP contribution in [-0.2, 0) is 4.79 Å². The van der Waals surface area contributed by atoms with E-state index in [4.69, 9.17) is 0 Å². The van der Waals surface area contributed by atoms with Gasteiger partial charge in [-0.1, -0.05) is 37.3 Å². The molecule has 0 heterocycles. The lowest BCUT2D eigenvalue weighted by Gasteiger charge is -2.16. The molecule has 0 saturated heterocycles. The van der Waals surface area contributed by atoms with Crippen LogP contribution in [0.15, 0.2) is 48.5 Å². The molecule has 0 spiro atoms. The molecule has 130 valence electrons. The molecular weight excluding hydrogens is 316 g/mol. The summed E-state index contributed by atoms with van der Waals surface area (Å²) >= 11 is 0. The number of carbonyl (C=O) groups is 3. The van der Waals surface area contributed by atoms with E-state index < -0.39 is 0 Å². The monoisotopic (exact) mass is 338 g/mol. The largest absolute Gasteiger partial charge is 0.345 e. The minimum absolute atomic E-state index is 0.0464. The van der Waals surface area contributed by atoms with E-state index in [-0.39, 0.29) is 23.6 Å². The maximum Gasteiger partial charge on any atom is 0.252 e. The molecule has 2 amide bonds. The second-order valence-corrected chi connectivity index (χ2v) is 5.82. The Kier molecular flexibility index (Phi) is 6.06. The number of nitrogens with one attached hydrogen (secondary N) is 2. The van der Waals surface area contributed by atoms with Crippen LogP contribution in [0, 0.1) is 0 Å². The molecule has 0 fully saturated rings. The number of hydrogen-bond donors (Lipinski definition) is 2. The van der Waals surface area contributed by atoms with Gasteiger partial charge in [-0.05, 0) is 37.6 Å². The maximum atomic E-state index is 12.5. The predicted octanol–water partition coefficient (Wildman–Crippen LogP) is 3.73. The van der Waals surface area contributed by atoms with Crippen LogP contribution < -0.4 is 10.6 Å². The molecule has 2 aromatic rings. The molecule has 0 aliphatic carbocycles. The number of ketones is 1. The fourth-order valence-corrected chi connectivity index (χ4v) is 2.45. The third kappa shape index (κ3) is 4.76. The Bertz CT molecular complexity index is 782. The molecular formula is C20H22N2O3. The quantitative estimate of drug-likeness (QED) is 0.788. The van der Waals surface area contributed by atoms with Crippen LogP contribution in [0.4, 0.5) is 5.69 Å². The first kappa shape index (κ1) is 18.4. The van der Waals surface area contributed by atoms with Gasteiger partial charge in [0.1, 0.15) is 0 Å². The van der Waals surface area contributed by atoms with Gasteiger partial charge in [-0.25, -0.2) is 0 Å². The molecule has 5 heteroatoms. The van der Waals surface area contributed by atoms with Crippen LogP contribution >= 0.6 is 0 Å². The highest BCUT2D eigenvalue weighted by Crippen LogP contribution is 2.18. The van der Waals surface area contributed by atoms with Crippen LogP contribution in [0.25, 0.3) is 0 Å². The van der Waals surface area contributed by atoms with Crippen LogP contribution in [0.5, 0.6) is 0 Å². The van der Waals surface area contributed by atoms with Crippen molar-refractivity contribution in [3.8, 4) is 0 Å². The van der Waals surface area contributed by atoms with Gasteiger partial charge in [0.25, 0.3) is 5.91 Å². The molecule has 0 radical (unpaired) electrons. The lowest BCUT2D eigenvalue weighted by molar-refractivity contribution is -0.115. The summed E-state index contributed by atoms with van der Waals surface area (Å²) < 4.78 is 0. The summed E-state index contributed by atoms with van der Waals surface area (Å²) in [6.07, 6.45) is 0.420. The van der Waals surface area contributed by atoms with Gasteiger partial charge in [0, 0.05) is 17.7 Å². The van der Waals surface area contributed by atoms with Crippen molar-refractivity contribution >= 4 is 23.3 Å². The van der Waals surface area contributed by atoms with Crippen molar-refractivity contribution in [2.24, 2.45) is 0 Å². The zero-order valence-corrected chi connectivity index (χ0v) is 14.6. The van der Waals surface area contributed by atoms with E-state index in [9.17, 15) is 14.4 Å². The Hall–Kier alpha value is -2.95. The number of benzene rings is 2. The Labute approximate surface area is 147 Å². The van der Waals surface area contributed by atoms with Gasteiger partial charge in [0.2, 0.25) is 5.91 Å². The summed E-state index contributed by atoms with van der Waals surface area (Å²) in [5, 5.41) is 5.68. The van der Waals surface area contributed by atoms with Crippen molar-refractivity contribution in [1.82, 2.24) is 5.32 Å². The Balaban J connectivity index is 2.09. The molecule has 0 unspecified atom stereocenters. The third-order valence-electron chi connectivity index (χ3n) is 3.91. The van der Waals surface area contributed by atoms with Crippen molar-refractivity contribution in [2.45, 2.75) is 33.2 Å². The van der Waals surface area contributed by atoms with Crippen LogP contribution in [0.3, 0.4) is 0 Å². The van der Waals surface area contributed by atoms with E-state index >= 15 is 0 Å². The van der Waals surface area contributed by atoms with E-state index in [1.165, 1.54) is 6.92 Å². The highest BCUT2D eigenvalue weighted by molar-refractivity contribution is 6.07. The molecule has 2 rings (SSSR count). The van der Waals surface area contributed by atoms with Crippen molar-refractivity contribution in [3.05, 3.63) is 65.2 Å². The molecule has 5 nitrogen and oxygen atoms in total. The molecule has 2 N–H and O–H groups in total. The Morgan fingerprint density at radius 1 is 0.960 bits per heavy atom. The highest BCUT2D eigenvalue weighted by atomic mass is 16.2. The van der Waals surface area contributed by atoms with Gasteiger partial charge in [-0.2, -0.15) is 0 Å². The van der Waals surface area contributed by atoms with Crippen molar-refractivity contribution < 1.29 is 14.4 Å². The lowest BCUT2D eigenvalue weighted by Crippen LogP contribution is -2.28. The number of rotatable bonds is 6. The predicted molar refractivity (Wildman–Crippen MR) is 97.7 cm³/mol. The van der Waals surface area contributed by atoms with Crippen molar-refractivity contribution in [3.63, 3.8) is 0 Å². The topological polar surface area (TPSA) is 75.3 Å². The first-order chi connectivity index (χ1) is 11.9. The molecule has 0 saturated carbocycles. The van der Waals surface area contributed by atoms with Gasteiger partial charge in [-0.15, -0.1) is 0 Å². The number of hydrogen-bond acceptors (Lipinski definition) is 3. The third-order valence-corrected chi connectivity index (χ3v) is 3.91. The summed E-state index contributed by atoms with van der Waals surface area (Å²) in [6, 6.07) is 13.8. The molecule has 0 aliphatic heterocycles. The molecule has 0 bridgehead atoms. The number of Topliss-reactive ketones (excluding diaryl/α,β-unsaturated/α-hetero) is 1. The summed E-state index contributed by atoms with van der Waals surface area (Å²) in [4.78, 5) is 35.5. The zero-order valence-electron chi connectivity index (χ0n) is 14.6. The maximum absolute atomic E-state index is 12.5. The van der Waals surface area contributed by atoms with Gasteiger partial charge in [0.05, 0.1) is 11.6 Å². The second-order valence-electron chi connectivity index (χ2n) is 5.82. The molecule has 2 aromatic carbocycles. The van der Waals surface area contributed by atoms with Crippen molar-refractivity contribution in [2.75, 3.05) is 5.32 Å². The second kappa shape index (κ2) is 8.24. The van der Waals surface area contributed by atoms with Crippen LogP contribution in [0.1, 0.15) is 59.5 Å². The molecule has 25 heavy (non-hydrogen) atoms. The summed E-state index contributed by atoms with van der Waals surface area (Å²) in [5.74, 6) is -0.481. The average Bonchev–Trinajstić information content (AvgIpc) is 2.62. The van der Waals surface area contributed by atoms with E-state index in [1.807, 2.05) is 19.1 Å². The van der Waals surface area contributed by atoms with E-state index in [2.05, 4.69) is 10.6 Å². The van der Waals surface area contributed by atoms with E-state index in [0.29, 0.717) is 17.5 Å². The zero-order chi connectivity index (χ0) is 18.4. The number of amides is 2. The first-order valence-electron chi connectivity index (χ1n) is 8.23. The van der Waals surface area contributed by atoms with Crippen LogP contribution in [-0.4, -0.2) is 17.6 Å². The SMILES string of the molecule is CCC(=O)Nc1ccc([C@H](C)NC(=O)c2ccccc2C(C)=O)cc1. The lowest BCUT2D eigenvalue weighted by atomic mass is 10.0. The fraction of sp³-hybridized carbons (Fsp3) is 0.250. The summed E-state index contributed by atoms with van der Waals surface area (Å²) in [6.45, 7) is 5.10. The minimum Gasteiger partial charge on any atom is -0.345 e. The van der Waals surface area contributed by atoms with Gasteiger partial charge in [0.15, 0.2) is 5.78 Å². The summed E-state index contributed by atoms with van der Waals surface area (Å²) in [5.41, 5.74) is 2.40. The van der Waals surface area contributed by atoms with Crippen molar-refractivity contribution in [1.29, 1.82) is 0 Å². The van der Waals surface area contributed by atoms with Crippen LogP contribution in [0.2, 0.25) is 0 Å². The first-order valence-corrected chi connectivity index (χ1v) is 8.23. The molecule has 0 aliphatic rings. The average molecular weight is 338 g/mol. The molecule has 0 aromatic heterocycles. The van der Waals surface area contributed by atoms with Gasteiger partial charge < -0.3 is 10.6 Å². The fourth-order valence-electron chi connectivity index (χ4n) is 2.45. The number of anilines is 1. The van der Waals surface area contributed by atoms with Gasteiger partial charge >= 0.3 is 0 Å². The highest BCUT2D eigenvalue weighted by Gasteiger charge is 2.16. The smallest absolute Gasteiger partial charge is 0.252 e. The van der Waals surface area contributed by atoms with Gasteiger partial charge in [-0.3, -0.25) is 14.4 Å².